The first-order valence-corrected chi connectivity index (χ1v) is 5.11. The van der Waals surface area contributed by atoms with Gasteiger partial charge in [0.15, 0.2) is 12.1 Å². The maximum atomic E-state index is 10.6. The molecular weight excluding hydrogens is 200 g/mol. The van der Waals surface area contributed by atoms with Crippen LogP contribution in [0.15, 0.2) is 0 Å². The second-order valence-corrected chi connectivity index (χ2v) is 4.34. The highest BCUT2D eigenvalue weighted by Gasteiger charge is 2.48. The van der Waals surface area contributed by atoms with Crippen molar-refractivity contribution in [3.05, 3.63) is 0 Å². The molecule has 2 aliphatic heterocycles. The van der Waals surface area contributed by atoms with Gasteiger partial charge in [0, 0.05) is 13.3 Å². The van der Waals surface area contributed by atoms with Crippen molar-refractivity contribution in [1.29, 1.82) is 0 Å². The van der Waals surface area contributed by atoms with Gasteiger partial charge in [-0.1, -0.05) is 0 Å². The Balaban J connectivity index is 1.81. The predicted molar refractivity (Wildman–Crippen MR) is 49.9 cm³/mol. The lowest BCUT2D eigenvalue weighted by Gasteiger charge is -2.20. The molecule has 0 spiro atoms. The van der Waals surface area contributed by atoms with Crippen LogP contribution in [0.5, 0.6) is 0 Å². The molecule has 1 unspecified atom stereocenters. The Morgan fingerprint density at radius 3 is 2.80 bits per heavy atom. The van der Waals surface area contributed by atoms with Gasteiger partial charge in [0.05, 0.1) is 6.10 Å². The van der Waals surface area contributed by atoms with Crippen molar-refractivity contribution in [2.24, 2.45) is 0 Å². The first-order chi connectivity index (χ1) is 6.96. The van der Waals surface area contributed by atoms with Crippen molar-refractivity contribution >= 4 is 5.97 Å². The highest BCUT2D eigenvalue weighted by Crippen LogP contribution is 2.36. The molecular formula is C10H16O5. The number of carbonyl (C=O) groups excluding carboxylic acids is 1. The van der Waals surface area contributed by atoms with Crippen molar-refractivity contribution in [3.63, 3.8) is 0 Å². The summed E-state index contributed by atoms with van der Waals surface area (Å²) in [6.45, 7) is 5.37. The lowest BCUT2D eigenvalue weighted by Crippen LogP contribution is -2.26. The largest absolute Gasteiger partial charge is 0.463 e. The van der Waals surface area contributed by atoms with E-state index in [1.165, 1.54) is 6.92 Å². The summed E-state index contributed by atoms with van der Waals surface area (Å²) in [6, 6.07) is 0. The van der Waals surface area contributed by atoms with Crippen molar-refractivity contribution in [2.45, 2.75) is 51.5 Å². The highest BCUT2D eigenvalue weighted by atomic mass is 16.8. The van der Waals surface area contributed by atoms with Crippen LogP contribution in [0.2, 0.25) is 0 Å². The SMILES string of the molecule is CC(=O)OC[C@@H]1CC2OC(C)(C)O[C@H]2O1. The van der Waals surface area contributed by atoms with Gasteiger partial charge in [-0.2, -0.15) is 0 Å². The van der Waals surface area contributed by atoms with Crippen LogP contribution in [-0.4, -0.2) is 36.9 Å². The van der Waals surface area contributed by atoms with Crippen LogP contribution in [0, 0.1) is 0 Å². The molecule has 0 bridgehead atoms. The van der Waals surface area contributed by atoms with Gasteiger partial charge in [0.1, 0.15) is 12.7 Å². The first kappa shape index (κ1) is 10.9. The third-order valence-electron chi connectivity index (χ3n) is 2.43. The summed E-state index contributed by atoms with van der Waals surface area (Å²) in [7, 11) is 0. The average molecular weight is 216 g/mol. The molecule has 0 aromatic rings. The van der Waals surface area contributed by atoms with E-state index in [0.717, 1.165) is 0 Å². The lowest BCUT2D eigenvalue weighted by atomic mass is 10.2. The molecule has 0 saturated carbocycles. The quantitative estimate of drug-likeness (QED) is 0.639. The third kappa shape index (κ3) is 2.48. The molecule has 0 aliphatic carbocycles. The van der Waals surface area contributed by atoms with Crippen LogP contribution in [0.1, 0.15) is 27.2 Å². The van der Waals surface area contributed by atoms with Crippen molar-refractivity contribution < 1.29 is 23.7 Å². The van der Waals surface area contributed by atoms with Crippen LogP contribution >= 0.6 is 0 Å². The van der Waals surface area contributed by atoms with Crippen LogP contribution in [0.3, 0.4) is 0 Å². The zero-order chi connectivity index (χ0) is 11.1. The fourth-order valence-corrected chi connectivity index (χ4v) is 1.90. The maximum absolute atomic E-state index is 10.6. The number of esters is 1. The molecule has 2 heterocycles. The molecule has 0 amide bonds. The van der Waals surface area contributed by atoms with Gasteiger partial charge in [-0.05, 0) is 13.8 Å². The minimum atomic E-state index is -0.568. The number of rotatable bonds is 2. The van der Waals surface area contributed by atoms with Gasteiger partial charge in [-0.3, -0.25) is 4.79 Å². The molecule has 15 heavy (non-hydrogen) atoms. The number of fused-ring (bicyclic) bond motifs is 1. The number of hydrogen-bond donors (Lipinski definition) is 0. The molecule has 3 atom stereocenters. The molecule has 5 heteroatoms. The van der Waals surface area contributed by atoms with Gasteiger partial charge in [0.2, 0.25) is 0 Å². The third-order valence-corrected chi connectivity index (χ3v) is 2.43. The first-order valence-electron chi connectivity index (χ1n) is 5.11. The monoisotopic (exact) mass is 216 g/mol. The second-order valence-electron chi connectivity index (χ2n) is 4.34. The molecule has 0 aromatic carbocycles. The standard InChI is InChI=1S/C10H16O5/c1-6(11)12-5-7-4-8-9(13-7)15-10(2,3)14-8/h7-9H,4-5H2,1-3H3/t7-,8?,9+/m0/s1. The molecule has 0 aromatic heterocycles. The van der Waals surface area contributed by atoms with E-state index in [2.05, 4.69) is 0 Å². The summed E-state index contributed by atoms with van der Waals surface area (Å²) in [5, 5.41) is 0. The van der Waals surface area contributed by atoms with Gasteiger partial charge in [-0.15, -0.1) is 0 Å². The van der Waals surface area contributed by atoms with Gasteiger partial charge >= 0.3 is 5.97 Å². The molecule has 2 rings (SSSR count). The zero-order valence-corrected chi connectivity index (χ0v) is 9.19. The zero-order valence-electron chi connectivity index (χ0n) is 9.19. The fourth-order valence-electron chi connectivity index (χ4n) is 1.90. The van der Waals surface area contributed by atoms with E-state index in [1.54, 1.807) is 0 Å². The lowest BCUT2D eigenvalue weighted by molar-refractivity contribution is -0.209. The Labute approximate surface area is 88.6 Å². The molecule has 0 radical (unpaired) electrons. The summed E-state index contributed by atoms with van der Waals surface area (Å²) in [6.07, 6.45) is 0.239. The van der Waals surface area contributed by atoms with Crippen LogP contribution in [-0.2, 0) is 23.7 Å². The Morgan fingerprint density at radius 1 is 1.47 bits per heavy atom. The van der Waals surface area contributed by atoms with E-state index in [-0.39, 0.29) is 31.1 Å². The topological polar surface area (TPSA) is 54.0 Å². The summed E-state index contributed by atoms with van der Waals surface area (Å²) in [5.74, 6) is -0.861. The minimum Gasteiger partial charge on any atom is -0.463 e. The Morgan fingerprint density at radius 2 is 2.20 bits per heavy atom. The van der Waals surface area contributed by atoms with Gasteiger partial charge < -0.3 is 18.9 Å². The molecule has 0 N–H and O–H groups in total. The summed E-state index contributed by atoms with van der Waals surface area (Å²) < 4.78 is 21.6. The number of carbonyl (C=O) groups is 1. The van der Waals surface area contributed by atoms with Crippen molar-refractivity contribution in [2.75, 3.05) is 6.61 Å². The normalized spacial score (nSPS) is 37.7. The van der Waals surface area contributed by atoms with E-state index in [1.807, 2.05) is 13.8 Å². The van der Waals surface area contributed by atoms with E-state index in [4.69, 9.17) is 18.9 Å². The van der Waals surface area contributed by atoms with Crippen LogP contribution < -0.4 is 0 Å². The Hall–Kier alpha value is -0.650. The summed E-state index contributed by atoms with van der Waals surface area (Å²) in [4.78, 5) is 10.6. The number of hydrogen-bond acceptors (Lipinski definition) is 5. The molecule has 86 valence electrons. The van der Waals surface area contributed by atoms with Crippen molar-refractivity contribution in [3.8, 4) is 0 Å². The molecule has 2 saturated heterocycles. The summed E-state index contributed by atoms with van der Waals surface area (Å²) >= 11 is 0. The highest BCUT2D eigenvalue weighted by molar-refractivity contribution is 5.65. The van der Waals surface area contributed by atoms with E-state index in [9.17, 15) is 4.79 Å². The van der Waals surface area contributed by atoms with Crippen LogP contribution in [0.25, 0.3) is 0 Å². The molecule has 5 nitrogen and oxygen atoms in total. The van der Waals surface area contributed by atoms with Gasteiger partial charge in [-0.25, -0.2) is 0 Å². The van der Waals surface area contributed by atoms with Crippen molar-refractivity contribution in [1.82, 2.24) is 0 Å². The molecule has 2 aliphatic rings. The smallest absolute Gasteiger partial charge is 0.302 e. The van der Waals surface area contributed by atoms with E-state index >= 15 is 0 Å². The summed E-state index contributed by atoms with van der Waals surface area (Å²) in [5.41, 5.74) is 0. The Kier molecular flexibility index (Phi) is 2.70. The van der Waals surface area contributed by atoms with E-state index in [0.29, 0.717) is 6.42 Å². The predicted octanol–water partition coefficient (Wildman–Crippen LogP) is 0.816. The van der Waals surface area contributed by atoms with Gasteiger partial charge in [0.25, 0.3) is 0 Å². The van der Waals surface area contributed by atoms with E-state index < -0.39 is 5.79 Å². The fraction of sp³-hybridized carbons (Fsp3) is 0.900. The second kappa shape index (κ2) is 3.73. The molecule has 2 fully saturated rings. The Bertz CT molecular complexity index is 247. The number of ether oxygens (including phenoxy) is 4. The minimum absolute atomic E-state index is 0.0411. The average Bonchev–Trinajstić information content (AvgIpc) is 2.53. The van der Waals surface area contributed by atoms with Crippen LogP contribution in [0.4, 0.5) is 0 Å². The maximum Gasteiger partial charge on any atom is 0.302 e.